The molecule has 5 heteroatoms. The van der Waals surface area contributed by atoms with E-state index in [4.69, 9.17) is 16.7 Å². The van der Waals surface area contributed by atoms with Gasteiger partial charge in [0.15, 0.2) is 0 Å². The predicted octanol–water partition coefficient (Wildman–Crippen LogP) is 1.48. The van der Waals surface area contributed by atoms with Gasteiger partial charge in [-0.2, -0.15) is 0 Å². The predicted molar refractivity (Wildman–Crippen MR) is 56.5 cm³/mol. The molecule has 0 saturated carbocycles. The van der Waals surface area contributed by atoms with Crippen LogP contribution >= 0.6 is 11.6 Å². The summed E-state index contributed by atoms with van der Waals surface area (Å²) in [6, 6.07) is 0. The summed E-state index contributed by atoms with van der Waals surface area (Å²) in [6.07, 6.45) is 1.67. The van der Waals surface area contributed by atoms with Crippen molar-refractivity contribution in [3.8, 4) is 0 Å². The Labute approximate surface area is 88.3 Å². The molecule has 14 heavy (non-hydrogen) atoms. The highest BCUT2D eigenvalue weighted by molar-refractivity contribution is 6.28. The van der Waals surface area contributed by atoms with Crippen molar-refractivity contribution in [2.24, 2.45) is 5.92 Å². The van der Waals surface area contributed by atoms with E-state index in [0.717, 1.165) is 11.4 Å². The molecule has 1 rings (SSSR count). The number of nitrogens with one attached hydrogen (secondary N) is 1. The zero-order valence-electron chi connectivity index (χ0n) is 8.29. The van der Waals surface area contributed by atoms with E-state index in [0.29, 0.717) is 6.54 Å². The number of aliphatic hydroxyl groups excluding tert-OH is 1. The number of hydrogen-bond acceptors (Lipinski definition) is 4. The molecule has 1 unspecified atom stereocenters. The number of aliphatic hydroxyl groups is 1. The summed E-state index contributed by atoms with van der Waals surface area (Å²) >= 11 is 5.65. The normalized spacial score (nSPS) is 12.6. The molecule has 2 N–H and O–H groups in total. The van der Waals surface area contributed by atoms with Crippen molar-refractivity contribution in [2.75, 3.05) is 18.5 Å². The van der Waals surface area contributed by atoms with Crippen LogP contribution in [0.15, 0.2) is 6.20 Å². The van der Waals surface area contributed by atoms with Gasteiger partial charge in [0, 0.05) is 24.9 Å². The van der Waals surface area contributed by atoms with Crippen LogP contribution in [0.4, 0.5) is 5.82 Å². The van der Waals surface area contributed by atoms with E-state index in [1.54, 1.807) is 6.20 Å². The molecule has 0 fully saturated rings. The van der Waals surface area contributed by atoms with Gasteiger partial charge in [-0.15, -0.1) is 0 Å². The Kier molecular flexibility index (Phi) is 4.10. The molecule has 0 amide bonds. The lowest BCUT2D eigenvalue weighted by Gasteiger charge is -2.11. The number of hydrogen-bond donors (Lipinski definition) is 2. The lowest BCUT2D eigenvalue weighted by molar-refractivity contribution is 0.244. The summed E-state index contributed by atoms with van der Waals surface area (Å²) in [7, 11) is 0. The highest BCUT2D eigenvalue weighted by atomic mass is 35.5. The van der Waals surface area contributed by atoms with Crippen molar-refractivity contribution >= 4 is 17.4 Å². The summed E-state index contributed by atoms with van der Waals surface area (Å²) in [5, 5.41) is 12.2. The fraction of sp³-hybridized carbons (Fsp3) is 0.556. The van der Waals surface area contributed by atoms with Gasteiger partial charge in [0.05, 0.1) is 0 Å². The van der Waals surface area contributed by atoms with Crippen LogP contribution in [0.2, 0.25) is 5.28 Å². The van der Waals surface area contributed by atoms with Gasteiger partial charge in [-0.1, -0.05) is 6.92 Å². The van der Waals surface area contributed by atoms with Gasteiger partial charge in [0.1, 0.15) is 5.82 Å². The van der Waals surface area contributed by atoms with Crippen LogP contribution in [0.3, 0.4) is 0 Å². The average molecular weight is 216 g/mol. The van der Waals surface area contributed by atoms with Crippen molar-refractivity contribution in [1.29, 1.82) is 0 Å². The summed E-state index contributed by atoms with van der Waals surface area (Å²) in [6.45, 7) is 4.68. The third-order valence-electron chi connectivity index (χ3n) is 1.87. The molecule has 0 aliphatic heterocycles. The van der Waals surface area contributed by atoms with Crippen molar-refractivity contribution in [2.45, 2.75) is 13.8 Å². The second-order valence-electron chi connectivity index (χ2n) is 3.34. The van der Waals surface area contributed by atoms with Crippen LogP contribution < -0.4 is 5.32 Å². The third kappa shape index (κ3) is 3.12. The third-order valence-corrected chi connectivity index (χ3v) is 2.05. The van der Waals surface area contributed by atoms with Crippen LogP contribution in [0.1, 0.15) is 12.5 Å². The van der Waals surface area contributed by atoms with Crippen LogP contribution in [0.25, 0.3) is 0 Å². The molecule has 78 valence electrons. The maximum Gasteiger partial charge on any atom is 0.224 e. The van der Waals surface area contributed by atoms with Gasteiger partial charge >= 0.3 is 0 Å². The summed E-state index contributed by atoms with van der Waals surface area (Å²) in [5.74, 6) is 0.924. The molecule has 1 aromatic rings. The monoisotopic (exact) mass is 215 g/mol. The fourth-order valence-corrected chi connectivity index (χ4v) is 1.07. The van der Waals surface area contributed by atoms with Gasteiger partial charge in [0.2, 0.25) is 5.28 Å². The Hall–Kier alpha value is -0.870. The molecule has 1 atom stereocenters. The number of rotatable bonds is 4. The largest absolute Gasteiger partial charge is 0.396 e. The molecule has 0 aliphatic carbocycles. The smallest absolute Gasteiger partial charge is 0.224 e. The molecule has 0 radical (unpaired) electrons. The van der Waals surface area contributed by atoms with Crippen molar-refractivity contribution < 1.29 is 5.11 Å². The minimum absolute atomic E-state index is 0.158. The molecule has 1 aromatic heterocycles. The Balaban J connectivity index is 2.62. The lowest BCUT2D eigenvalue weighted by Crippen LogP contribution is -2.16. The maximum absolute atomic E-state index is 8.84. The SMILES string of the molecule is Cc1cnc(Cl)nc1NCC(C)CO. The van der Waals surface area contributed by atoms with E-state index in [9.17, 15) is 0 Å². The molecule has 4 nitrogen and oxygen atoms in total. The average Bonchev–Trinajstić information content (AvgIpc) is 2.19. The molecular weight excluding hydrogens is 202 g/mol. The second-order valence-corrected chi connectivity index (χ2v) is 3.68. The minimum Gasteiger partial charge on any atom is -0.396 e. The summed E-state index contributed by atoms with van der Waals surface area (Å²) < 4.78 is 0. The van der Waals surface area contributed by atoms with Gasteiger partial charge in [-0.3, -0.25) is 0 Å². The Morgan fingerprint density at radius 1 is 1.64 bits per heavy atom. The van der Waals surface area contributed by atoms with Gasteiger partial charge in [-0.05, 0) is 24.4 Å². The van der Waals surface area contributed by atoms with Gasteiger partial charge < -0.3 is 10.4 Å². The zero-order valence-corrected chi connectivity index (χ0v) is 9.04. The first kappa shape index (κ1) is 11.2. The molecule has 0 saturated heterocycles. The first-order valence-electron chi connectivity index (χ1n) is 4.47. The van der Waals surface area contributed by atoms with Crippen LogP contribution in [0, 0.1) is 12.8 Å². The van der Waals surface area contributed by atoms with Gasteiger partial charge in [0.25, 0.3) is 0 Å². The maximum atomic E-state index is 8.84. The molecule has 1 heterocycles. The van der Waals surface area contributed by atoms with E-state index in [1.165, 1.54) is 0 Å². The van der Waals surface area contributed by atoms with E-state index < -0.39 is 0 Å². The minimum atomic E-state index is 0.158. The number of aromatic nitrogens is 2. The second kappa shape index (κ2) is 5.12. The van der Waals surface area contributed by atoms with Crippen molar-refractivity contribution in [3.63, 3.8) is 0 Å². The van der Waals surface area contributed by atoms with Crippen molar-refractivity contribution in [3.05, 3.63) is 17.0 Å². The number of aryl methyl sites for hydroxylation is 1. The molecule has 0 aromatic carbocycles. The Bertz CT molecular complexity index is 306. The standard InChI is InChI=1S/C9H14ClN3O/c1-6(5-14)3-11-8-7(2)4-12-9(10)13-8/h4,6,14H,3,5H2,1-2H3,(H,11,12,13). The van der Waals surface area contributed by atoms with E-state index in [2.05, 4.69) is 15.3 Å². The van der Waals surface area contributed by atoms with Gasteiger partial charge in [-0.25, -0.2) is 9.97 Å². The van der Waals surface area contributed by atoms with Crippen molar-refractivity contribution in [1.82, 2.24) is 9.97 Å². The van der Waals surface area contributed by atoms with E-state index >= 15 is 0 Å². The highest BCUT2D eigenvalue weighted by Crippen LogP contribution is 2.12. The molecular formula is C9H14ClN3O. The molecule has 0 aliphatic rings. The number of anilines is 1. The first-order valence-corrected chi connectivity index (χ1v) is 4.85. The number of nitrogens with zero attached hydrogens (tertiary/aromatic N) is 2. The van der Waals surface area contributed by atoms with Crippen LogP contribution in [-0.2, 0) is 0 Å². The quantitative estimate of drug-likeness (QED) is 0.747. The van der Waals surface area contributed by atoms with Crippen LogP contribution in [-0.4, -0.2) is 28.2 Å². The lowest BCUT2D eigenvalue weighted by atomic mass is 10.2. The van der Waals surface area contributed by atoms with E-state index in [1.807, 2.05) is 13.8 Å². The number of halogens is 1. The first-order chi connectivity index (χ1) is 6.63. The zero-order chi connectivity index (χ0) is 10.6. The topological polar surface area (TPSA) is 58.0 Å². The van der Waals surface area contributed by atoms with Crippen LogP contribution in [0.5, 0.6) is 0 Å². The summed E-state index contributed by atoms with van der Waals surface area (Å²) in [5.41, 5.74) is 0.944. The highest BCUT2D eigenvalue weighted by Gasteiger charge is 2.04. The van der Waals surface area contributed by atoms with E-state index in [-0.39, 0.29) is 17.8 Å². The Morgan fingerprint density at radius 2 is 2.36 bits per heavy atom. The fourth-order valence-electron chi connectivity index (χ4n) is 0.935. The Morgan fingerprint density at radius 3 is 3.00 bits per heavy atom. The molecule has 0 bridgehead atoms. The summed E-state index contributed by atoms with van der Waals surface area (Å²) in [4.78, 5) is 7.89. The molecule has 0 spiro atoms.